The van der Waals surface area contributed by atoms with Gasteiger partial charge in [-0.25, -0.2) is 0 Å². The third-order valence-electron chi connectivity index (χ3n) is 2.57. The largest absolute Gasteiger partial charge is 0.326 e. The highest BCUT2D eigenvalue weighted by molar-refractivity contribution is 5.26. The van der Waals surface area contributed by atoms with Crippen molar-refractivity contribution < 1.29 is 0 Å². The molecular weight excluding hydrogens is 184 g/mol. The number of rotatable bonds is 6. The summed E-state index contributed by atoms with van der Waals surface area (Å²) >= 11 is 0. The van der Waals surface area contributed by atoms with Crippen LogP contribution in [0.15, 0.2) is 36.9 Å². The van der Waals surface area contributed by atoms with E-state index in [9.17, 15) is 0 Å². The van der Waals surface area contributed by atoms with Gasteiger partial charge in [-0.15, -0.1) is 6.58 Å². The quantitative estimate of drug-likeness (QED) is 0.719. The summed E-state index contributed by atoms with van der Waals surface area (Å²) in [7, 11) is 0. The van der Waals surface area contributed by atoms with Crippen LogP contribution >= 0.6 is 0 Å². The predicted octanol–water partition coefficient (Wildman–Crippen LogP) is 2.15. The lowest BCUT2D eigenvalue weighted by Gasteiger charge is -2.19. The topological polar surface area (TPSA) is 29.3 Å². The average molecular weight is 204 g/mol. The fourth-order valence-electron chi connectivity index (χ4n) is 1.64. The van der Waals surface area contributed by atoms with E-state index < -0.39 is 0 Å². The molecule has 0 aromatic heterocycles. The van der Waals surface area contributed by atoms with Crippen LogP contribution in [-0.2, 0) is 13.1 Å². The van der Waals surface area contributed by atoms with E-state index in [1.807, 2.05) is 12.1 Å². The Hall–Kier alpha value is -1.12. The Morgan fingerprint density at radius 1 is 1.33 bits per heavy atom. The Kier molecular flexibility index (Phi) is 5.08. The van der Waals surface area contributed by atoms with Crippen molar-refractivity contribution >= 4 is 0 Å². The molecule has 0 heterocycles. The van der Waals surface area contributed by atoms with E-state index in [4.69, 9.17) is 5.73 Å². The SMILES string of the molecule is C=CCN(CC)Cc1ccccc1CN. The van der Waals surface area contributed by atoms with Gasteiger partial charge in [0.1, 0.15) is 0 Å². The summed E-state index contributed by atoms with van der Waals surface area (Å²) in [5.74, 6) is 0. The van der Waals surface area contributed by atoms with E-state index in [1.165, 1.54) is 11.1 Å². The number of hydrogen-bond donors (Lipinski definition) is 1. The van der Waals surface area contributed by atoms with Gasteiger partial charge >= 0.3 is 0 Å². The summed E-state index contributed by atoms with van der Waals surface area (Å²) < 4.78 is 0. The van der Waals surface area contributed by atoms with Crippen molar-refractivity contribution in [1.29, 1.82) is 0 Å². The molecule has 0 saturated carbocycles. The van der Waals surface area contributed by atoms with Gasteiger partial charge in [0.15, 0.2) is 0 Å². The average Bonchev–Trinajstić information content (AvgIpc) is 2.29. The Morgan fingerprint density at radius 2 is 2.00 bits per heavy atom. The van der Waals surface area contributed by atoms with Crippen molar-refractivity contribution in [2.24, 2.45) is 5.73 Å². The highest BCUT2D eigenvalue weighted by Crippen LogP contribution is 2.10. The fraction of sp³-hybridized carbons (Fsp3) is 0.385. The first-order valence-electron chi connectivity index (χ1n) is 5.41. The third-order valence-corrected chi connectivity index (χ3v) is 2.57. The van der Waals surface area contributed by atoms with Gasteiger partial charge in [-0.3, -0.25) is 4.90 Å². The van der Waals surface area contributed by atoms with E-state index in [0.29, 0.717) is 6.54 Å². The molecule has 0 unspecified atom stereocenters. The third kappa shape index (κ3) is 3.50. The lowest BCUT2D eigenvalue weighted by molar-refractivity contribution is 0.310. The number of nitrogens with two attached hydrogens (primary N) is 1. The summed E-state index contributed by atoms with van der Waals surface area (Å²) in [5.41, 5.74) is 8.26. The zero-order valence-corrected chi connectivity index (χ0v) is 9.45. The highest BCUT2D eigenvalue weighted by Gasteiger charge is 2.04. The van der Waals surface area contributed by atoms with Crippen molar-refractivity contribution in [3.05, 3.63) is 48.0 Å². The van der Waals surface area contributed by atoms with E-state index >= 15 is 0 Å². The van der Waals surface area contributed by atoms with E-state index in [2.05, 4.69) is 36.6 Å². The number of nitrogens with zero attached hydrogens (tertiary/aromatic N) is 1. The van der Waals surface area contributed by atoms with Gasteiger partial charge in [-0.2, -0.15) is 0 Å². The standard InChI is InChI=1S/C13H20N2/c1-3-9-15(4-2)11-13-8-6-5-7-12(13)10-14/h3,5-8H,1,4,9-11,14H2,2H3. The second kappa shape index (κ2) is 6.38. The Morgan fingerprint density at radius 3 is 2.53 bits per heavy atom. The smallest absolute Gasteiger partial charge is 0.0240 e. The molecule has 15 heavy (non-hydrogen) atoms. The molecule has 2 heteroatoms. The molecule has 0 saturated heterocycles. The van der Waals surface area contributed by atoms with Crippen molar-refractivity contribution in [3.63, 3.8) is 0 Å². The highest BCUT2D eigenvalue weighted by atomic mass is 15.1. The van der Waals surface area contributed by atoms with Crippen LogP contribution in [0.5, 0.6) is 0 Å². The molecule has 1 aromatic rings. The number of hydrogen-bond acceptors (Lipinski definition) is 2. The normalized spacial score (nSPS) is 10.6. The van der Waals surface area contributed by atoms with Crippen LogP contribution < -0.4 is 5.73 Å². The molecular formula is C13H20N2. The summed E-state index contributed by atoms with van der Waals surface area (Å²) in [6.07, 6.45) is 1.94. The minimum absolute atomic E-state index is 0.613. The van der Waals surface area contributed by atoms with Gasteiger partial charge in [-0.05, 0) is 17.7 Å². The summed E-state index contributed by atoms with van der Waals surface area (Å²) in [5, 5.41) is 0. The first-order valence-corrected chi connectivity index (χ1v) is 5.41. The Bertz CT molecular complexity index is 307. The molecule has 2 nitrogen and oxygen atoms in total. The van der Waals surface area contributed by atoms with Crippen molar-refractivity contribution in [2.75, 3.05) is 13.1 Å². The van der Waals surface area contributed by atoms with E-state index in [-0.39, 0.29) is 0 Å². The molecule has 0 amide bonds. The van der Waals surface area contributed by atoms with Gasteiger partial charge < -0.3 is 5.73 Å². The maximum atomic E-state index is 5.70. The van der Waals surface area contributed by atoms with Gasteiger partial charge in [0.25, 0.3) is 0 Å². The summed E-state index contributed by atoms with van der Waals surface area (Å²) in [6, 6.07) is 8.34. The molecule has 0 fully saturated rings. The number of benzene rings is 1. The van der Waals surface area contributed by atoms with Crippen LogP contribution in [0.4, 0.5) is 0 Å². The molecule has 0 spiro atoms. The molecule has 0 aliphatic rings. The maximum Gasteiger partial charge on any atom is 0.0240 e. The fourth-order valence-corrected chi connectivity index (χ4v) is 1.64. The van der Waals surface area contributed by atoms with Gasteiger partial charge in [0, 0.05) is 19.6 Å². The first-order chi connectivity index (χ1) is 7.31. The van der Waals surface area contributed by atoms with Crippen LogP contribution in [0.25, 0.3) is 0 Å². The van der Waals surface area contributed by atoms with Crippen LogP contribution in [0.3, 0.4) is 0 Å². The van der Waals surface area contributed by atoms with Gasteiger partial charge in [0.05, 0.1) is 0 Å². The van der Waals surface area contributed by atoms with Crippen LogP contribution in [0.2, 0.25) is 0 Å². The molecule has 0 aliphatic carbocycles. The Balaban J connectivity index is 2.73. The summed E-state index contributed by atoms with van der Waals surface area (Å²) in [4.78, 5) is 2.33. The first kappa shape index (κ1) is 12.0. The zero-order valence-electron chi connectivity index (χ0n) is 9.45. The Labute approximate surface area is 92.4 Å². The molecule has 1 rings (SSSR count). The van der Waals surface area contributed by atoms with Crippen LogP contribution in [0, 0.1) is 0 Å². The minimum Gasteiger partial charge on any atom is -0.326 e. The molecule has 1 aromatic carbocycles. The van der Waals surface area contributed by atoms with E-state index in [1.54, 1.807) is 0 Å². The minimum atomic E-state index is 0.613. The van der Waals surface area contributed by atoms with Gasteiger partial charge in [0.2, 0.25) is 0 Å². The van der Waals surface area contributed by atoms with E-state index in [0.717, 1.165) is 19.6 Å². The number of likely N-dealkylation sites (N-methyl/N-ethyl adjacent to an activating group) is 1. The zero-order chi connectivity index (χ0) is 11.1. The monoisotopic (exact) mass is 204 g/mol. The molecule has 0 radical (unpaired) electrons. The molecule has 2 N–H and O–H groups in total. The predicted molar refractivity (Wildman–Crippen MR) is 65.5 cm³/mol. The lowest BCUT2D eigenvalue weighted by atomic mass is 10.1. The van der Waals surface area contributed by atoms with Crippen LogP contribution in [-0.4, -0.2) is 18.0 Å². The second-order valence-electron chi connectivity index (χ2n) is 3.59. The molecule has 82 valence electrons. The second-order valence-corrected chi connectivity index (χ2v) is 3.59. The lowest BCUT2D eigenvalue weighted by Crippen LogP contribution is -2.23. The van der Waals surface area contributed by atoms with Crippen molar-refractivity contribution in [2.45, 2.75) is 20.0 Å². The molecule has 0 atom stereocenters. The van der Waals surface area contributed by atoms with Gasteiger partial charge in [-0.1, -0.05) is 37.3 Å². The molecule has 0 aliphatic heterocycles. The molecule has 0 bridgehead atoms. The van der Waals surface area contributed by atoms with Crippen molar-refractivity contribution in [3.8, 4) is 0 Å². The summed E-state index contributed by atoms with van der Waals surface area (Å²) in [6.45, 7) is 9.45. The van der Waals surface area contributed by atoms with Crippen molar-refractivity contribution in [1.82, 2.24) is 4.90 Å². The maximum absolute atomic E-state index is 5.70. The van der Waals surface area contributed by atoms with Crippen LogP contribution in [0.1, 0.15) is 18.1 Å².